The molecule has 0 amide bonds. The van der Waals surface area contributed by atoms with Crippen molar-refractivity contribution < 1.29 is 8.78 Å². The smallest absolute Gasteiger partial charge is 0.161 e. The molecule has 0 aliphatic carbocycles. The third-order valence-electron chi connectivity index (χ3n) is 2.76. The molecular weight excluding hydrogens is 238 g/mol. The van der Waals surface area contributed by atoms with E-state index < -0.39 is 11.6 Å². The van der Waals surface area contributed by atoms with Crippen molar-refractivity contribution in [2.45, 2.75) is 6.54 Å². The zero-order valence-corrected chi connectivity index (χ0v) is 9.64. The normalized spacial score (nSPS) is 11.3. The van der Waals surface area contributed by atoms with E-state index >= 15 is 0 Å². The van der Waals surface area contributed by atoms with E-state index in [0.717, 1.165) is 17.8 Å². The number of halogens is 2. The summed E-state index contributed by atoms with van der Waals surface area (Å²) in [6, 6.07) is 4.12. The number of imidazole rings is 1. The highest BCUT2D eigenvalue weighted by atomic mass is 19.2. The van der Waals surface area contributed by atoms with Gasteiger partial charge < -0.3 is 4.57 Å². The first-order chi connectivity index (χ1) is 8.63. The highest BCUT2D eigenvalue weighted by Gasteiger charge is 2.09. The zero-order valence-electron chi connectivity index (χ0n) is 9.64. The summed E-state index contributed by atoms with van der Waals surface area (Å²) in [6.45, 7) is 0.475. The molecule has 0 saturated carbocycles. The standard InChI is InChI=1S/C12H10F2N4/c1-17-3-2-8(16-17)6-18-7-15-11-4-9(13)10(14)5-12(11)18/h2-5,7H,6H2,1H3. The molecule has 0 radical (unpaired) electrons. The molecule has 4 nitrogen and oxygen atoms in total. The van der Waals surface area contributed by atoms with Crippen molar-refractivity contribution >= 4 is 11.0 Å². The lowest BCUT2D eigenvalue weighted by atomic mass is 10.3. The number of aromatic nitrogens is 4. The average molecular weight is 248 g/mol. The van der Waals surface area contributed by atoms with Crippen molar-refractivity contribution in [3.05, 3.63) is 48.1 Å². The first-order valence-electron chi connectivity index (χ1n) is 5.42. The summed E-state index contributed by atoms with van der Waals surface area (Å²) < 4.78 is 29.7. The molecule has 0 bridgehead atoms. The maximum atomic E-state index is 13.2. The third-order valence-corrected chi connectivity index (χ3v) is 2.76. The summed E-state index contributed by atoms with van der Waals surface area (Å²) >= 11 is 0. The predicted octanol–water partition coefficient (Wildman–Crippen LogP) is 2.10. The average Bonchev–Trinajstić information content (AvgIpc) is 2.89. The van der Waals surface area contributed by atoms with E-state index in [9.17, 15) is 8.78 Å². The van der Waals surface area contributed by atoms with Gasteiger partial charge in [0.25, 0.3) is 0 Å². The van der Waals surface area contributed by atoms with E-state index in [1.807, 2.05) is 19.3 Å². The minimum absolute atomic E-state index is 0.435. The van der Waals surface area contributed by atoms with Gasteiger partial charge in [0.2, 0.25) is 0 Å². The molecule has 0 saturated heterocycles. The SMILES string of the molecule is Cn1ccc(Cn2cnc3cc(F)c(F)cc32)n1. The Kier molecular flexibility index (Phi) is 2.36. The maximum absolute atomic E-state index is 13.2. The van der Waals surface area contributed by atoms with Crippen LogP contribution in [0.25, 0.3) is 11.0 Å². The Hall–Kier alpha value is -2.24. The molecule has 1 aromatic carbocycles. The second-order valence-electron chi connectivity index (χ2n) is 4.11. The van der Waals surface area contributed by atoms with Gasteiger partial charge in [0, 0.05) is 25.4 Å². The molecule has 0 N–H and O–H groups in total. The molecule has 18 heavy (non-hydrogen) atoms. The summed E-state index contributed by atoms with van der Waals surface area (Å²) in [5.74, 6) is -1.75. The van der Waals surface area contributed by atoms with E-state index in [-0.39, 0.29) is 0 Å². The summed E-state index contributed by atoms with van der Waals surface area (Å²) in [6.07, 6.45) is 3.38. The van der Waals surface area contributed by atoms with Crippen molar-refractivity contribution in [3.8, 4) is 0 Å². The Morgan fingerprint density at radius 3 is 2.72 bits per heavy atom. The molecule has 2 heterocycles. The topological polar surface area (TPSA) is 35.6 Å². The van der Waals surface area contributed by atoms with Crippen LogP contribution in [0.15, 0.2) is 30.7 Å². The van der Waals surface area contributed by atoms with Crippen LogP contribution in [0.4, 0.5) is 8.78 Å². The molecule has 92 valence electrons. The first-order valence-corrected chi connectivity index (χ1v) is 5.42. The lowest BCUT2D eigenvalue weighted by molar-refractivity contribution is 0.510. The molecule has 0 spiro atoms. The van der Waals surface area contributed by atoms with E-state index in [0.29, 0.717) is 17.6 Å². The number of aryl methyl sites for hydroxylation is 1. The fourth-order valence-corrected chi connectivity index (χ4v) is 1.90. The molecule has 6 heteroatoms. The number of hydrogen-bond acceptors (Lipinski definition) is 2. The van der Waals surface area contributed by atoms with Gasteiger partial charge in [0.15, 0.2) is 11.6 Å². The molecule has 2 aromatic heterocycles. The summed E-state index contributed by atoms with van der Waals surface area (Å²) in [4.78, 5) is 4.05. The fourth-order valence-electron chi connectivity index (χ4n) is 1.90. The van der Waals surface area contributed by atoms with E-state index in [2.05, 4.69) is 10.1 Å². The van der Waals surface area contributed by atoms with Gasteiger partial charge >= 0.3 is 0 Å². The van der Waals surface area contributed by atoms with Gasteiger partial charge in [0.05, 0.1) is 29.6 Å². The van der Waals surface area contributed by atoms with E-state index in [1.165, 1.54) is 0 Å². The molecule has 3 rings (SSSR count). The lowest BCUT2D eigenvalue weighted by Gasteiger charge is -2.01. The molecule has 3 aromatic rings. The molecule has 0 fully saturated rings. The Morgan fingerprint density at radius 1 is 1.22 bits per heavy atom. The molecule has 0 unspecified atom stereocenters. The second kappa shape index (κ2) is 3.90. The van der Waals surface area contributed by atoms with E-state index in [4.69, 9.17) is 0 Å². The van der Waals surface area contributed by atoms with Gasteiger partial charge in [-0.2, -0.15) is 5.10 Å². The van der Waals surface area contributed by atoms with Crippen LogP contribution in [-0.2, 0) is 13.6 Å². The Labute approximate surface area is 101 Å². The van der Waals surface area contributed by atoms with Crippen LogP contribution < -0.4 is 0 Å². The highest BCUT2D eigenvalue weighted by molar-refractivity contribution is 5.75. The summed E-state index contributed by atoms with van der Waals surface area (Å²) in [5.41, 5.74) is 1.82. The van der Waals surface area contributed by atoms with Crippen LogP contribution in [0.5, 0.6) is 0 Å². The van der Waals surface area contributed by atoms with Crippen LogP contribution in [0.2, 0.25) is 0 Å². The van der Waals surface area contributed by atoms with Gasteiger partial charge in [-0.3, -0.25) is 4.68 Å². The number of nitrogens with zero attached hydrogens (tertiary/aromatic N) is 4. The molecule has 0 aliphatic rings. The minimum Gasteiger partial charge on any atom is -0.324 e. The van der Waals surface area contributed by atoms with Gasteiger partial charge in [-0.25, -0.2) is 13.8 Å². The molecular formula is C12H10F2N4. The van der Waals surface area contributed by atoms with Gasteiger partial charge in [-0.1, -0.05) is 0 Å². The van der Waals surface area contributed by atoms with Crippen LogP contribution in [0.1, 0.15) is 5.69 Å². The largest absolute Gasteiger partial charge is 0.324 e. The van der Waals surface area contributed by atoms with Crippen molar-refractivity contribution in [1.29, 1.82) is 0 Å². The summed E-state index contributed by atoms with van der Waals surface area (Å²) in [5, 5.41) is 4.23. The third kappa shape index (κ3) is 1.75. The predicted molar refractivity (Wildman–Crippen MR) is 62.0 cm³/mol. The molecule has 0 atom stereocenters. The Bertz CT molecular complexity index is 714. The highest BCUT2D eigenvalue weighted by Crippen LogP contribution is 2.18. The lowest BCUT2D eigenvalue weighted by Crippen LogP contribution is -2.00. The van der Waals surface area contributed by atoms with Crippen LogP contribution >= 0.6 is 0 Å². The monoisotopic (exact) mass is 248 g/mol. The van der Waals surface area contributed by atoms with Crippen molar-refractivity contribution in [3.63, 3.8) is 0 Å². The number of rotatable bonds is 2. The van der Waals surface area contributed by atoms with Gasteiger partial charge in [-0.15, -0.1) is 0 Å². The van der Waals surface area contributed by atoms with E-state index in [1.54, 1.807) is 15.6 Å². The number of fused-ring (bicyclic) bond motifs is 1. The van der Waals surface area contributed by atoms with Crippen LogP contribution in [0, 0.1) is 11.6 Å². The maximum Gasteiger partial charge on any atom is 0.161 e. The van der Waals surface area contributed by atoms with Crippen molar-refractivity contribution in [2.75, 3.05) is 0 Å². The second-order valence-corrected chi connectivity index (χ2v) is 4.11. The summed E-state index contributed by atoms with van der Waals surface area (Å²) in [7, 11) is 1.82. The van der Waals surface area contributed by atoms with Crippen molar-refractivity contribution in [2.24, 2.45) is 7.05 Å². The Morgan fingerprint density at radius 2 is 2.00 bits per heavy atom. The number of benzene rings is 1. The van der Waals surface area contributed by atoms with Gasteiger partial charge in [0.1, 0.15) is 0 Å². The Balaban J connectivity index is 2.04. The molecule has 0 aliphatic heterocycles. The van der Waals surface area contributed by atoms with Gasteiger partial charge in [-0.05, 0) is 6.07 Å². The zero-order chi connectivity index (χ0) is 12.7. The first kappa shape index (κ1) is 10.9. The van der Waals surface area contributed by atoms with Crippen LogP contribution in [0.3, 0.4) is 0 Å². The quantitative estimate of drug-likeness (QED) is 0.696. The van der Waals surface area contributed by atoms with Crippen LogP contribution in [-0.4, -0.2) is 19.3 Å². The number of hydrogen-bond donors (Lipinski definition) is 0. The minimum atomic E-state index is -0.884. The fraction of sp³-hybridized carbons (Fsp3) is 0.167. The van der Waals surface area contributed by atoms with Crippen molar-refractivity contribution in [1.82, 2.24) is 19.3 Å².